The Morgan fingerprint density at radius 2 is 0.803 bits per heavy atom. The number of methoxy groups -OCH3 is 5. The number of piperidine rings is 5. The van der Waals surface area contributed by atoms with Gasteiger partial charge in [-0.05, 0) is 294 Å². The molecule has 18 aliphatic carbocycles. The van der Waals surface area contributed by atoms with Gasteiger partial charge in [0.15, 0.2) is 63.6 Å². The van der Waals surface area contributed by atoms with E-state index >= 15 is 0 Å². The van der Waals surface area contributed by atoms with Crippen molar-refractivity contribution in [1.29, 1.82) is 0 Å². The van der Waals surface area contributed by atoms with Crippen LogP contribution in [-0.2, 0) is 92.5 Å². The smallest absolute Gasteiger partial charge is 0.169 e. The average Bonchev–Trinajstić information content (AvgIpc) is 1.36. The zero-order valence-corrected chi connectivity index (χ0v) is 82.2. The number of ketones is 2. The van der Waals surface area contributed by atoms with Gasteiger partial charge in [-0.3, -0.25) is 14.5 Å². The molecule has 4 unspecified atom stereocenters. The molecule has 29 atom stereocenters. The van der Waals surface area contributed by atoms with Gasteiger partial charge in [-0.2, -0.15) is 0 Å². The molecule has 137 heavy (non-hydrogen) atoms. The van der Waals surface area contributed by atoms with Crippen molar-refractivity contribution in [2.75, 3.05) is 104 Å². The number of fused-ring (bicyclic) bond motifs is 6. The molecule has 0 amide bonds. The molecule has 24 heteroatoms. The lowest BCUT2D eigenvalue weighted by molar-refractivity contribution is -0.301. The largest absolute Gasteiger partial charge is 0.504 e. The summed E-state index contributed by atoms with van der Waals surface area (Å²) in [6.07, 6.45) is 33.0. The van der Waals surface area contributed by atoms with Crippen molar-refractivity contribution in [2.24, 2.45) is 45.3 Å². The Morgan fingerprint density at radius 3 is 1.27 bits per heavy atom. The Bertz CT molecular complexity index is 6080. The molecule has 10 heterocycles. The number of aromatic hydroxyl groups is 5. The predicted molar refractivity (Wildman–Crippen MR) is 515 cm³/mol. The highest BCUT2D eigenvalue weighted by Gasteiger charge is 2.87. The number of likely N-dealkylation sites (N-methyl/N-ethyl adjacent to an activating group) is 5. The third-order valence-corrected chi connectivity index (χ3v) is 43.3. The summed E-state index contributed by atoms with van der Waals surface area (Å²) in [4.78, 5) is 38.0. The third kappa shape index (κ3) is 10.3. The van der Waals surface area contributed by atoms with Crippen LogP contribution in [0, 0.1) is 45.3 Å². The summed E-state index contributed by atoms with van der Waals surface area (Å²) in [7, 11) is 19.9. The minimum absolute atomic E-state index is 0. The highest BCUT2D eigenvalue weighted by Crippen LogP contribution is 2.83. The lowest BCUT2D eigenvalue weighted by Gasteiger charge is -2.74. The van der Waals surface area contributed by atoms with Gasteiger partial charge in [0.1, 0.15) is 64.1 Å². The Labute approximate surface area is 806 Å². The van der Waals surface area contributed by atoms with Crippen molar-refractivity contribution in [2.45, 2.75) is 312 Å². The first-order chi connectivity index (χ1) is 65.0. The van der Waals surface area contributed by atoms with Crippen molar-refractivity contribution in [1.82, 2.24) is 24.5 Å². The molecule has 5 aromatic rings. The second-order valence-corrected chi connectivity index (χ2v) is 47.2. The van der Waals surface area contributed by atoms with Gasteiger partial charge in [-0.25, -0.2) is 0 Å². The maximum absolute atomic E-state index is 12.8. The molecule has 8 saturated carbocycles. The van der Waals surface area contributed by atoms with Crippen LogP contribution in [0.4, 0.5) is 0 Å². The molecule has 734 valence electrons. The Morgan fingerprint density at radius 1 is 0.409 bits per heavy atom. The van der Waals surface area contributed by atoms with Gasteiger partial charge in [0.25, 0.3) is 0 Å². The van der Waals surface area contributed by atoms with Crippen LogP contribution in [0.2, 0.25) is 0 Å². The Balaban J connectivity index is 0.0000000936. The monoisotopic (exact) mass is 1870 g/mol. The minimum Gasteiger partial charge on any atom is -0.504 e. The van der Waals surface area contributed by atoms with Crippen molar-refractivity contribution < 1.29 is 92.7 Å². The zero-order valence-electron chi connectivity index (χ0n) is 82.2. The summed E-state index contributed by atoms with van der Waals surface area (Å²) in [5, 5.41) is 76.5. The van der Waals surface area contributed by atoms with Gasteiger partial charge in [-0.15, -0.1) is 0 Å². The van der Waals surface area contributed by atoms with Crippen LogP contribution in [0.25, 0.3) is 0 Å². The number of benzene rings is 5. The van der Waals surface area contributed by atoms with E-state index in [1.807, 2.05) is 33.1 Å². The molecular weight excluding hydrogens is 1730 g/mol. The topological polar surface area (TPSA) is 284 Å². The van der Waals surface area contributed by atoms with E-state index in [9.17, 15) is 45.3 Å². The summed E-state index contributed by atoms with van der Waals surface area (Å²) in [5.74, 6) is 5.30. The number of aliphatic hydroxyl groups is 2. The van der Waals surface area contributed by atoms with Gasteiger partial charge >= 0.3 is 0 Å². The van der Waals surface area contributed by atoms with Crippen LogP contribution in [0.15, 0.2) is 108 Å². The highest BCUT2D eigenvalue weighted by molar-refractivity contribution is 5.84. The predicted octanol–water partition coefficient (Wildman–Crippen LogP) is 13.9. The minimum atomic E-state index is -0.850. The summed E-state index contributed by atoms with van der Waals surface area (Å²) >= 11 is 0. The quantitative estimate of drug-likeness (QED) is 0.0539. The summed E-state index contributed by atoms with van der Waals surface area (Å²) in [5.41, 5.74) is 8.74. The number of carbonyl (C=O) groups is 2. The highest BCUT2D eigenvalue weighted by atomic mass is 16.6. The van der Waals surface area contributed by atoms with Crippen LogP contribution < -0.4 is 23.7 Å². The molecule has 24 nitrogen and oxygen atoms in total. The van der Waals surface area contributed by atoms with Crippen molar-refractivity contribution in [3.05, 3.63) is 164 Å². The Kier molecular flexibility index (Phi) is 19.7. The van der Waals surface area contributed by atoms with Crippen LogP contribution in [-0.4, -0.2) is 270 Å². The number of rotatable bonds is 13. The van der Waals surface area contributed by atoms with E-state index in [0.717, 1.165) is 180 Å². The zero-order chi connectivity index (χ0) is 94.8. The van der Waals surface area contributed by atoms with Crippen molar-refractivity contribution >= 4 is 11.6 Å². The lowest BCUT2D eigenvalue weighted by atomic mass is 9.33. The molecule has 5 saturated heterocycles. The number of phenolic OH excluding ortho intramolecular Hbond substituents is 5. The second kappa shape index (κ2) is 29.5. The van der Waals surface area contributed by atoms with Crippen molar-refractivity contribution in [3.63, 3.8) is 0 Å². The number of hydrogen-bond acceptors (Lipinski definition) is 24. The molecule has 33 rings (SSSR count). The van der Waals surface area contributed by atoms with Gasteiger partial charge < -0.3 is 103 Å². The van der Waals surface area contributed by atoms with Gasteiger partial charge in [0.05, 0.1) is 46.4 Å². The van der Waals surface area contributed by atoms with E-state index in [-0.39, 0.29) is 151 Å². The number of carbonyl (C=O) groups excluding carboxylic acids is 2. The summed E-state index contributed by atoms with van der Waals surface area (Å²) < 4.78 is 63.6. The standard InChI is InChI=1S/C25H35NO4.C25H33NO4.C22H27NO4.C22H25NO4.C18H19NO3.CH4/c2*1-5-8-22(2,28)17-14-23-9-10-25(17,29-4)21-24(23)11-12-26(3)18(23)13-15-6-7-16(27)20(30-21)19(15)24;2*1-12(24)14-11-20-6-7-22(14,26-3)19-21(20)8-9-23(2)16(20)10-13-4-5-15(25)18(27-19)17(13)21;1-19-8-7-18-11-4-6-14(21-2)17(18)22-16-13(20)5-3-10(15(16)18)9-12(11)19;/h6-7,17-18,21,27-28H,5,8-14H2,1-4H3;6-7,9-10,17-18,21,27-28H,5,8,11-14H2,1-4H3;4-5,14,16,19,25H,6-11H2,1-3H3;4-7,14,16,19,25H,8-11H2,1-3H3;3-6,12,17,20H,7-9H2,1-2H3;1H4/t2*17?,18-,21-,22-,23-,24+,25-;2*14?,16-,19-,20-,21+,22-;12-,17+,18+;/m11111./s1. The van der Waals surface area contributed by atoms with Crippen LogP contribution >= 0.6 is 0 Å². The molecule has 7 N–H and O–H groups in total. The summed E-state index contributed by atoms with van der Waals surface area (Å²) in [6.45, 7) is 16.7. The SMILES string of the molecule is C.CCC[C@@](C)(O)C1C[C@@]23C=C[C@]1(OC)[C@@H]1Oc4c(O)ccc5c4[C@@]12CCN(C)[C@@H]3C5.CCC[C@@](C)(O)C1C[C@@]23CC[C@]1(OC)[C@@H]1Oc4c(O)ccc5c4[C@@]12CCN(C)[C@@H]3C5.COC1=CC=C2[C@H]3Cc4ccc(O)c5c4[C@@]2(CCN3C)[C@H]1O5.CO[C@]12C=C[C@@]3(CC1C(C)=O)[C@H]1Cc4ccc(O)c5c4[C@@]3(CCN1C)[C@H]2O5.CO[C@]12CC[C@@]3(CC1C(C)=O)[C@H]1Cc4ccc(O)c5c4[C@@]3(CCN1C)[C@H]2O5. The molecule has 0 radical (unpaired) electrons. The molecule has 5 aromatic carbocycles. The van der Waals surface area contributed by atoms with E-state index in [4.69, 9.17) is 47.4 Å². The van der Waals surface area contributed by atoms with Gasteiger partial charge in [0, 0.05) is 131 Å². The number of allylic oxidation sites excluding steroid dienone is 2. The molecular formula is C113H143N5O19. The fourth-order valence-electron chi connectivity index (χ4n) is 38.1. The van der Waals surface area contributed by atoms with Crippen LogP contribution in [0.5, 0.6) is 57.5 Å². The fraction of sp³-hybridized carbons (Fsp3) is 0.646. The number of phenols is 5. The van der Waals surface area contributed by atoms with E-state index in [1.54, 1.807) is 66.6 Å². The first kappa shape index (κ1) is 91.3. The average molecular weight is 1880 g/mol. The fourth-order valence-corrected chi connectivity index (χ4v) is 38.1. The Hall–Kier alpha value is -8.24. The summed E-state index contributed by atoms with van der Waals surface area (Å²) in [6, 6.07) is 21.3. The van der Waals surface area contributed by atoms with E-state index in [0.29, 0.717) is 59.0 Å². The first-order valence-electron chi connectivity index (χ1n) is 51.2. The number of likely N-dealkylation sites (tertiary alicyclic amines) is 5. The van der Waals surface area contributed by atoms with Crippen LogP contribution in [0.1, 0.15) is 214 Å². The molecule has 28 aliphatic rings. The third-order valence-electron chi connectivity index (χ3n) is 43.3. The van der Waals surface area contributed by atoms with E-state index < -0.39 is 33.6 Å². The molecule has 18 bridgehead atoms. The molecule has 9 spiro atoms. The lowest BCUT2D eigenvalue weighted by Crippen LogP contribution is -2.82. The van der Waals surface area contributed by atoms with E-state index in [2.05, 4.69) is 134 Å². The van der Waals surface area contributed by atoms with Gasteiger partial charge in [-0.1, -0.05) is 94.8 Å². The molecule has 10 aliphatic heterocycles. The van der Waals surface area contributed by atoms with Crippen LogP contribution in [0.3, 0.4) is 0 Å². The number of ether oxygens (including phenoxy) is 10. The maximum atomic E-state index is 12.8. The maximum Gasteiger partial charge on any atom is 0.169 e. The normalized spacial score (nSPS) is 43.2. The first-order valence-corrected chi connectivity index (χ1v) is 51.2. The van der Waals surface area contributed by atoms with Crippen molar-refractivity contribution in [3.8, 4) is 57.5 Å². The molecule has 0 aromatic heterocycles. The number of Topliss-reactive ketones (excluding diaryl/α,β-unsaturated/α-hetero) is 2. The molecule has 13 fully saturated rings. The van der Waals surface area contributed by atoms with Gasteiger partial charge in [0.2, 0.25) is 0 Å². The second-order valence-electron chi connectivity index (χ2n) is 47.2. The van der Waals surface area contributed by atoms with E-state index in [1.165, 1.54) is 61.2 Å². The number of nitrogens with zero attached hydrogens (tertiary/aromatic N) is 5. The number of hydrogen-bond donors (Lipinski definition) is 7.